The van der Waals surface area contributed by atoms with E-state index in [1.807, 2.05) is 78.9 Å². The molecule has 0 radical (unpaired) electrons. The minimum atomic E-state index is -0.274. The van der Waals surface area contributed by atoms with Crippen molar-refractivity contribution in [3.8, 4) is 0 Å². The van der Waals surface area contributed by atoms with Gasteiger partial charge in [-0.2, -0.15) is 0 Å². The van der Waals surface area contributed by atoms with Gasteiger partial charge in [-0.3, -0.25) is 14.2 Å². The first-order valence-electron chi connectivity index (χ1n) is 14.7. The molecule has 1 amide bonds. The fraction of sp³-hybridized carbons (Fsp3) is 0.286. The van der Waals surface area contributed by atoms with Crippen LogP contribution in [0.25, 0.3) is 10.2 Å². The molecular weight excluding hydrogens is 575 g/mol. The lowest BCUT2D eigenvalue weighted by Gasteiger charge is -2.26. The van der Waals surface area contributed by atoms with Crippen LogP contribution >= 0.6 is 23.1 Å². The summed E-state index contributed by atoms with van der Waals surface area (Å²) in [6.07, 6.45) is 1.50. The van der Waals surface area contributed by atoms with Crippen molar-refractivity contribution >= 4 is 39.2 Å². The number of nitrogens with zero attached hydrogens (tertiary/aromatic N) is 2. The van der Waals surface area contributed by atoms with Gasteiger partial charge in [0.1, 0.15) is 4.83 Å². The molecule has 1 N–H and O–H groups in total. The Balaban J connectivity index is 1.29. The van der Waals surface area contributed by atoms with Crippen LogP contribution in [-0.4, -0.2) is 27.3 Å². The number of nitrogens with one attached hydrogen (secondary N) is 1. The Morgan fingerprint density at radius 2 is 1.63 bits per heavy atom. The number of thioether (sulfide) groups is 1. The van der Waals surface area contributed by atoms with Gasteiger partial charge < -0.3 is 10.1 Å². The van der Waals surface area contributed by atoms with Crippen molar-refractivity contribution in [1.82, 2.24) is 14.9 Å². The molecule has 6 rings (SSSR count). The first-order chi connectivity index (χ1) is 21.0. The molecule has 1 aliphatic rings. The average Bonchev–Trinajstić information content (AvgIpc) is 3.41. The fourth-order valence-corrected chi connectivity index (χ4v) is 7.55. The Morgan fingerprint density at radius 1 is 1.00 bits per heavy atom. The average molecular weight is 610 g/mol. The number of amides is 1. The summed E-state index contributed by atoms with van der Waals surface area (Å²) in [4.78, 5) is 34.4. The smallest absolute Gasteiger partial charge is 0.263 e. The quantitative estimate of drug-likeness (QED) is 0.139. The lowest BCUT2D eigenvalue weighted by Crippen LogP contribution is -2.31. The van der Waals surface area contributed by atoms with E-state index in [2.05, 4.69) is 31.3 Å². The maximum atomic E-state index is 14.1. The van der Waals surface area contributed by atoms with Crippen LogP contribution in [0.3, 0.4) is 0 Å². The number of carbonyl (C=O) groups is 1. The van der Waals surface area contributed by atoms with Gasteiger partial charge in [-0.1, -0.05) is 117 Å². The molecule has 6 nitrogen and oxygen atoms in total. The number of thiophene rings is 1. The molecule has 43 heavy (non-hydrogen) atoms. The summed E-state index contributed by atoms with van der Waals surface area (Å²) in [5.74, 6) is 0.383. The van der Waals surface area contributed by atoms with Crippen LogP contribution < -0.4 is 10.9 Å². The molecule has 0 saturated carbocycles. The summed E-state index contributed by atoms with van der Waals surface area (Å²) in [5.41, 5.74) is 4.23. The third kappa shape index (κ3) is 6.61. The third-order valence-electron chi connectivity index (χ3n) is 7.91. The van der Waals surface area contributed by atoms with Crippen LogP contribution in [0.4, 0.5) is 0 Å². The molecular formula is C35H35N3O3S2. The van der Waals surface area contributed by atoms with Crippen LogP contribution in [0.15, 0.2) is 101 Å². The normalized spacial score (nSPS) is 14.7. The van der Waals surface area contributed by atoms with Gasteiger partial charge in [0, 0.05) is 17.8 Å². The largest absolute Gasteiger partial charge is 0.372 e. The molecule has 0 fully saturated rings. The highest BCUT2D eigenvalue weighted by molar-refractivity contribution is 7.99. The van der Waals surface area contributed by atoms with Crippen LogP contribution in [0.1, 0.15) is 47.0 Å². The van der Waals surface area contributed by atoms with Crippen molar-refractivity contribution in [2.45, 2.75) is 57.1 Å². The topological polar surface area (TPSA) is 73.2 Å². The number of aromatic nitrogens is 2. The van der Waals surface area contributed by atoms with E-state index in [0.717, 1.165) is 38.4 Å². The second kappa shape index (κ2) is 13.3. The molecule has 0 bridgehead atoms. The summed E-state index contributed by atoms with van der Waals surface area (Å²) < 4.78 is 7.88. The van der Waals surface area contributed by atoms with E-state index in [9.17, 15) is 9.59 Å². The second-order valence-electron chi connectivity index (χ2n) is 11.2. The summed E-state index contributed by atoms with van der Waals surface area (Å²) in [6, 6.07) is 29.8. The molecule has 8 heteroatoms. The SMILES string of the molecule is CC(C)[C@@H]1Cc2c(sc3nc(SCC(=O)NC(c4ccccc4)c4ccccc4)n(CCc4ccccc4)c(=O)c23)CO1. The summed E-state index contributed by atoms with van der Waals surface area (Å²) in [7, 11) is 0. The first-order valence-corrected chi connectivity index (χ1v) is 16.5. The summed E-state index contributed by atoms with van der Waals surface area (Å²) >= 11 is 2.86. The predicted molar refractivity (Wildman–Crippen MR) is 175 cm³/mol. The Morgan fingerprint density at radius 3 is 2.26 bits per heavy atom. The van der Waals surface area contributed by atoms with E-state index in [0.29, 0.717) is 36.0 Å². The van der Waals surface area contributed by atoms with Crippen LogP contribution in [0.5, 0.6) is 0 Å². The van der Waals surface area contributed by atoms with Crippen LogP contribution in [0, 0.1) is 5.92 Å². The Bertz CT molecular complexity index is 1710. The maximum absolute atomic E-state index is 14.1. The molecule has 220 valence electrons. The minimum Gasteiger partial charge on any atom is -0.372 e. The monoisotopic (exact) mass is 609 g/mol. The number of benzene rings is 3. The minimum absolute atomic E-state index is 0.0304. The Labute approximate surface area is 260 Å². The Kier molecular flexibility index (Phi) is 9.07. The second-order valence-corrected chi connectivity index (χ2v) is 13.2. The standard InChI is InChI=1S/C35H35N3O3S2/c1-23(2)28-20-27-29(21-41-28)43-33-31(27)34(40)38(19-18-24-12-6-3-7-13-24)35(37-33)42-22-30(39)36-32(25-14-8-4-9-15-25)26-16-10-5-11-17-26/h3-17,23,28,32H,18-22H2,1-2H3,(H,36,39)/t28-/m0/s1. The molecule has 1 atom stereocenters. The molecule has 0 unspecified atom stereocenters. The lowest BCUT2D eigenvalue weighted by molar-refractivity contribution is -0.119. The molecule has 3 heterocycles. The van der Waals surface area contributed by atoms with E-state index >= 15 is 0 Å². The highest BCUT2D eigenvalue weighted by Gasteiger charge is 2.29. The number of aryl methyl sites for hydroxylation is 1. The maximum Gasteiger partial charge on any atom is 0.263 e. The van der Waals surface area contributed by atoms with Gasteiger partial charge in [-0.25, -0.2) is 4.98 Å². The van der Waals surface area contributed by atoms with Crippen molar-refractivity contribution in [2.24, 2.45) is 5.92 Å². The molecule has 0 aliphatic carbocycles. The zero-order chi connectivity index (χ0) is 29.8. The molecule has 3 aromatic carbocycles. The Hall–Kier alpha value is -3.72. The zero-order valence-electron chi connectivity index (χ0n) is 24.4. The van der Waals surface area contributed by atoms with Crippen molar-refractivity contribution < 1.29 is 9.53 Å². The van der Waals surface area contributed by atoms with E-state index in [4.69, 9.17) is 9.72 Å². The van der Waals surface area contributed by atoms with Gasteiger partial charge in [0.25, 0.3) is 5.56 Å². The summed E-state index contributed by atoms with van der Waals surface area (Å²) in [5, 5.41) is 4.50. The number of fused-ring (bicyclic) bond motifs is 3. The molecule has 0 saturated heterocycles. The van der Waals surface area contributed by atoms with Crippen molar-refractivity contribution in [3.63, 3.8) is 0 Å². The van der Waals surface area contributed by atoms with Gasteiger partial charge in [0.05, 0.1) is 29.9 Å². The van der Waals surface area contributed by atoms with E-state index < -0.39 is 0 Å². The van der Waals surface area contributed by atoms with Crippen molar-refractivity contribution in [1.29, 1.82) is 0 Å². The predicted octanol–water partition coefficient (Wildman–Crippen LogP) is 6.80. The van der Waals surface area contributed by atoms with Crippen molar-refractivity contribution in [3.05, 3.63) is 128 Å². The van der Waals surface area contributed by atoms with Gasteiger partial charge in [0.2, 0.25) is 5.91 Å². The highest BCUT2D eigenvalue weighted by atomic mass is 32.2. The molecule has 2 aromatic heterocycles. The van der Waals surface area contributed by atoms with Gasteiger partial charge in [-0.15, -0.1) is 11.3 Å². The van der Waals surface area contributed by atoms with Crippen LogP contribution in [0.2, 0.25) is 0 Å². The number of carbonyl (C=O) groups excluding carboxylic acids is 1. The van der Waals surface area contributed by atoms with E-state index in [1.165, 1.54) is 11.8 Å². The van der Waals surface area contributed by atoms with E-state index in [1.54, 1.807) is 15.9 Å². The van der Waals surface area contributed by atoms with Gasteiger partial charge in [-0.05, 0) is 34.6 Å². The number of hydrogen-bond acceptors (Lipinski definition) is 6. The number of ether oxygens (including phenoxy) is 1. The lowest BCUT2D eigenvalue weighted by atomic mass is 9.96. The van der Waals surface area contributed by atoms with Crippen LogP contribution in [-0.2, 0) is 35.5 Å². The van der Waals surface area contributed by atoms with Gasteiger partial charge >= 0.3 is 0 Å². The number of hydrogen-bond donors (Lipinski definition) is 1. The number of rotatable bonds is 10. The van der Waals surface area contributed by atoms with Crippen molar-refractivity contribution in [2.75, 3.05) is 5.75 Å². The van der Waals surface area contributed by atoms with E-state index in [-0.39, 0.29) is 29.4 Å². The van der Waals surface area contributed by atoms with Gasteiger partial charge in [0.15, 0.2) is 5.16 Å². The molecule has 5 aromatic rings. The highest BCUT2D eigenvalue weighted by Crippen LogP contribution is 2.36. The molecule has 0 spiro atoms. The molecule has 1 aliphatic heterocycles. The third-order valence-corrected chi connectivity index (χ3v) is 9.98. The summed E-state index contributed by atoms with van der Waals surface area (Å²) in [6.45, 7) is 5.30. The first kappa shape index (κ1) is 29.4. The fourth-order valence-electron chi connectivity index (χ4n) is 5.55. The zero-order valence-corrected chi connectivity index (χ0v) is 26.0.